The van der Waals surface area contributed by atoms with Gasteiger partial charge in [0.05, 0.1) is 6.54 Å². The second kappa shape index (κ2) is 7.24. The van der Waals surface area contributed by atoms with E-state index in [0.29, 0.717) is 12.1 Å². The van der Waals surface area contributed by atoms with Gasteiger partial charge in [0.25, 0.3) is 5.91 Å². The van der Waals surface area contributed by atoms with Crippen LogP contribution in [0, 0.1) is 6.92 Å². The highest BCUT2D eigenvalue weighted by Crippen LogP contribution is 2.26. The molecule has 0 spiro atoms. The van der Waals surface area contributed by atoms with Crippen molar-refractivity contribution in [1.82, 2.24) is 10.2 Å². The normalized spacial score (nSPS) is 20.5. The van der Waals surface area contributed by atoms with Crippen molar-refractivity contribution in [3.8, 4) is 0 Å². The predicted octanol–water partition coefficient (Wildman–Crippen LogP) is 2.42. The van der Waals surface area contributed by atoms with Gasteiger partial charge in [-0.2, -0.15) is 0 Å². The van der Waals surface area contributed by atoms with Gasteiger partial charge in [0.1, 0.15) is 0 Å². The molecule has 0 heterocycles. The Morgan fingerprint density at radius 2 is 2.05 bits per heavy atom. The van der Waals surface area contributed by atoms with Crippen LogP contribution in [0.1, 0.15) is 35.7 Å². The van der Waals surface area contributed by atoms with Crippen LogP contribution < -0.4 is 5.32 Å². The van der Waals surface area contributed by atoms with Crippen molar-refractivity contribution >= 4 is 27.8 Å². The number of aliphatic carboxylic acids is 1. The van der Waals surface area contributed by atoms with E-state index in [1.54, 1.807) is 6.07 Å². The summed E-state index contributed by atoms with van der Waals surface area (Å²) in [4.78, 5) is 25.0. The highest BCUT2D eigenvalue weighted by atomic mass is 79.9. The minimum atomic E-state index is -0.807. The van der Waals surface area contributed by atoms with Gasteiger partial charge in [0, 0.05) is 22.1 Å². The van der Waals surface area contributed by atoms with Crippen LogP contribution in [-0.2, 0) is 4.79 Å². The van der Waals surface area contributed by atoms with Crippen molar-refractivity contribution in [2.45, 2.75) is 38.8 Å². The fourth-order valence-electron chi connectivity index (χ4n) is 2.81. The first kappa shape index (κ1) is 17.0. The highest BCUT2D eigenvalue weighted by molar-refractivity contribution is 9.10. The van der Waals surface area contributed by atoms with Gasteiger partial charge >= 0.3 is 5.97 Å². The summed E-state index contributed by atoms with van der Waals surface area (Å²) >= 11 is 3.40. The number of hydrogen-bond donors (Lipinski definition) is 2. The van der Waals surface area contributed by atoms with Crippen LogP contribution in [0.5, 0.6) is 0 Å². The monoisotopic (exact) mass is 368 g/mol. The Balaban J connectivity index is 1.86. The predicted molar refractivity (Wildman–Crippen MR) is 88.0 cm³/mol. The van der Waals surface area contributed by atoms with Crippen molar-refractivity contribution in [1.29, 1.82) is 0 Å². The zero-order valence-corrected chi connectivity index (χ0v) is 14.4. The Bertz CT molecular complexity index is 550. The van der Waals surface area contributed by atoms with Crippen molar-refractivity contribution in [2.24, 2.45) is 0 Å². The number of benzene rings is 1. The number of rotatable bonds is 6. The number of likely N-dealkylation sites (N-methyl/N-ethyl adjacent to an activating group) is 1. The van der Waals surface area contributed by atoms with Crippen LogP contribution in [0.4, 0.5) is 0 Å². The van der Waals surface area contributed by atoms with Gasteiger partial charge in [0.15, 0.2) is 0 Å². The molecule has 1 aliphatic rings. The second-order valence-corrected chi connectivity index (χ2v) is 6.69. The van der Waals surface area contributed by atoms with Crippen molar-refractivity contribution < 1.29 is 14.7 Å². The Hall–Kier alpha value is -1.40. The lowest BCUT2D eigenvalue weighted by Crippen LogP contribution is -2.54. The minimum absolute atomic E-state index is 0.0622. The zero-order valence-electron chi connectivity index (χ0n) is 12.8. The summed E-state index contributed by atoms with van der Waals surface area (Å²) in [5.41, 5.74) is 1.68. The third-order valence-electron chi connectivity index (χ3n) is 4.01. The number of carbonyl (C=O) groups is 2. The van der Waals surface area contributed by atoms with Crippen LogP contribution >= 0.6 is 15.9 Å². The van der Waals surface area contributed by atoms with Crippen LogP contribution in [-0.4, -0.2) is 47.1 Å². The van der Waals surface area contributed by atoms with Crippen LogP contribution in [0.3, 0.4) is 0 Å². The molecule has 1 amide bonds. The molecule has 2 N–H and O–H groups in total. The largest absolute Gasteiger partial charge is 0.480 e. The summed E-state index contributed by atoms with van der Waals surface area (Å²) < 4.78 is 0.891. The van der Waals surface area contributed by atoms with E-state index in [2.05, 4.69) is 21.2 Å². The van der Waals surface area contributed by atoms with Crippen LogP contribution in [0.25, 0.3) is 0 Å². The first-order valence-corrected chi connectivity index (χ1v) is 8.22. The van der Waals surface area contributed by atoms with Crippen molar-refractivity contribution in [3.63, 3.8) is 0 Å². The van der Waals surface area contributed by atoms with Crippen LogP contribution in [0.15, 0.2) is 22.7 Å². The summed E-state index contributed by atoms with van der Waals surface area (Å²) in [5.74, 6) is -0.881. The molecule has 1 aromatic rings. The topological polar surface area (TPSA) is 69.6 Å². The lowest BCUT2D eigenvalue weighted by molar-refractivity contribution is -0.139. The quantitative estimate of drug-likeness (QED) is 0.808. The Kier molecular flexibility index (Phi) is 5.58. The van der Waals surface area contributed by atoms with Crippen molar-refractivity contribution in [3.05, 3.63) is 33.8 Å². The maximum Gasteiger partial charge on any atom is 0.317 e. The van der Waals surface area contributed by atoms with Gasteiger partial charge in [-0.25, -0.2) is 0 Å². The van der Waals surface area contributed by atoms with Gasteiger partial charge in [0.2, 0.25) is 0 Å². The fourth-order valence-corrected chi connectivity index (χ4v) is 3.42. The molecule has 0 saturated heterocycles. The summed E-state index contributed by atoms with van der Waals surface area (Å²) in [6.07, 6.45) is 1.61. The number of amides is 1. The van der Waals surface area contributed by atoms with Crippen molar-refractivity contribution in [2.75, 3.05) is 13.1 Å². The van der Waals surface area contributed by atoms with E-state index < -0.39 is 5.97 Å². The van der Waals surface area contributed by atoms with E-state index in [1.807, 2.05) is 30.9 Å². The molecular formula is C16H21BrN2O3. The zero-order chi connectivity index (χ0) is 16.3. The average Bonchev–Trinajstić information content (AvgIpc) is 2.38. The number of hydrogen-bond acceptors (Lipinski definition) is 3. The summed E-state index contributed by atoms with van der Waals surface area (Å²) in [6.45, 7) is 4.68. The molecule has 0 aromatic heterocycles. The van der Waals surface area contributed by atoms with Gasteiger partial charge in [-0.05, 0) is 50.1 Å². The number of carboxylic acid groups (broad SMARTS) is 1. The third kappa shape index (κ3) is 4.30. The molecule has 1 aromatic carbocycles. The summed E-state index contributed by atoms with van der Waals surface area (Å²) in [7, 11) is 0. The number of nitrogens with one attached hydrogen (secondary N) is 1. The third-order valence-corrected chi connectivity index (χ3v) is 4.47. The summed E-state index contributed by atoms with van der Waals surface area (Å²) in [5, 5.41) is 11.9. The van der Waals surface area contributed by atoms with Gasteiger partial charge in [-0.1, -0.05) is 22.9 Å². The molecule has 2 rings (SSSR count). The van der Waals surface area contributed by atoms with E-state index in [1.165, 1.54) is 0 Å². The number of carbonyl (C=O) groups excluding carboxylic acids is 1. The number of carboxylic acids is 1. The lowest BCUT2D eigenvalue weighted by atomic mass is 9.85. The van der Waals surface area contributed by atoms with E-state index in [-0.39, 0.29) is 24.5 Å². The van der Waals surface area contributed by atoms with Crippen LogP contribution in [0.2, 0.25) is 0 Å². The summed E-state index contributed by atoms with van der Waals surface area (Å²) in [6, 6.07) is 6.00. The van der Waals surface area contributed by atoms with Gasteiger partial charge in [-0.15, -0.1) is 0 Å². The molecule has 6 heteroatoms. The molecule has 0 unspecified atom stereocenters. The average molecular weight is 369 g/mol. The SMILES string of the molecule is CCN(CC(=O)O)C1CC(NC(=O)c2cc(C)cc(Br)c2)C1. The fraction of sp³-hybridized carbons (Fsp3) is 0.500. The first-order chi connectivity index (χ1) is 10.4. The molecule has 0 aliphatic heterocycles. The number of aryl methyl sites for hydroxylation is 1. The molecule has 1 aliphatic carbocycles. The first-order valence-electron chi connectivity index (χ1n) is 7.43. The molecule has 0 bridgehead atoms. The Labute approximate surface area is 138 Å². The Morgan fingerprint density at radius 1 is 1.36 bits per heavy atom. The maximum atomic E-state index is 12.2. The molecule has 1 fully saturated rings. The smallest absolute Gasteiger partial charge is 0.317 e. The standard InChI is InChI=1S/C16H21BrN2O3/c1-3-19(9-15(20)21)14-7-13(8-14)18-16(22)11-4-10(2)5-12(17)6-11/h4-6,13-14H,3,7-9H2,1-2H3,(H,18,22)(H,20,21). The van der Waals surface area contributed by atoms with E-state index in [0.717, 1.165) is 22.9 Å². The number of halogens is 1. The molecule has 1 saturated carbocycles. The second-order valence-electron chi connectivity index (χ2n) is 5.77. The van der Waals surface area contributed by atoms with E-state index in [9.17, 15) is 9.59 Å². The Morgan fingerprint density at radius 3 is 2.59 bits per heavy atom. The molecular weight excluding hydrogens is 348 g/mol. The lowest BCUT2D eigenvalue weighted by Gasteiger charge is -2.42. The molecule has 0 atom stereocenters. The molecule has 0 radical (unpaired) electrons. The van der Waals surface area contributed by atoms with E-state index >= 15 is 0 Å². The molecule has 120 valence electrons. The van der Waals surface area contributed by atoms with Gasteiger partial charge in [-0.3, -0.25) is 14.5 Å². The minimum Gasteiger partial charge on any atom is -0.480 e. The highest BCUT2D eigenvalue weighted by Gasteiger charge is 2.34. The van der Waals surface area contributed by atoms with E-state index in [4.69, 9.17) is 5.11 Å². The number of nitrogens with zero attached hydrogens (tertiary/aromatic N) is 1. The maximum absolute atomic E-state index is 12.2. The molecule has 22 heavy (non-hydrogen) atoms. The molecule has 5 nitrogen and oxygen atoms in total. The van der Waals surface area contributed by atoms with Gasteiger partial charge < -0.3 is 10.4 Å².